The molecule has 11 heavy (non-hydrogen) atoms. The summed E-state index contributed by atoms with van der Waals surface area (Å²) in [4.78, 5) is 14.5. The number of carbonyl (C=O) groups is 1. The van der Waals surface area contributed by atoms with E-state index in [0.29, 0.717) is 0 Å². The van der Waals surface area contributed by atoms with Crippen LogP contribution in [-0.2, 0) is 4.79 Å². The highest BCUT2D eigenvalue weighted by atomic mass is 18.3. The molecule has 0 saturated carbocycles. The first kappa shape index (κ1) is 8.49. The third-order valence-electron chi connectivity index (χ3n) is 1.95. The number of carboxylic acid groups (broad SMARTS) is 1. The van der Waals surface area contributed by atoms with Crippen molar-refractivity contribution in [3.05, 3.63) is 0 Å². The SMILES string of the molecule is CN1CCN([13CH2][13C](=[18O])[18OH])CC1. The van der Waals surface area contributed by atoms with Crippen LogP contribution in [0.25, 0.3) is 0 Å². The van der Waals surface area contributed by atoms with Gasteiger partial charge in [0.1, 0.15) is 0 Å². The molecule has 1 heterocycles. The third kappa shape index (κ3) is 2.86. The lowest BCUT2D eigenvalue weighted by Gasteiger charge is -2.30. The van der Waals surface area contributed by atoms with Gasteiger partial charge in [0.05, 0.1) is 6.54 Å². The van der Waals surface area contributed by atoms with Gasteiger partial charge < -0.3 is 10.0 Å². The van der Waals surface area contributed by atoms with E-state index in [4.69, 9.17) is 5.11 Å². The van der Waals surface area contributed by atoms with Crippen molar-refractivity contribution in [2.24, 2.45) is 0 Å². The summed E-state index contributed by atoms with van der Waals surface area (Å²) in [5.74, 6) is -0.727. The lowest BCUT2D eigenvalue weighted by molar-refractivity contribution is -0.138. The topological polar surface area (TPSA) is 43.8 Å². The van der Waals surface area contributed by atoms with Crippen LogP contribution in [0.3, 0.4) is 0 Å². The maximum Gasteiger partial charge on any atom is 0.317 e. The molecule has 0 aromatic heterocycles. The summed E-state index contributed by atoms with van der Waals surface area (Å²) in [6, 6.07) is 0. The minimum Gasteiger partial charge on any atom is -0.480 e. The molecule has 1 fully saturated rings. The van der Waals surface area contributed by atoms with Gasteiger partial charge in [0.2, 0.25) is 0 Å². The quantitative estimate of drug-likeness (QED) is 0.434. The van der Waals surface area contributed by atoms with E-state index in [1.165, 1.54) is 0 Å². The zero-order valence-electron chi connectivity index (χ0n) is 6.79. The van der Waals surface area contributed by atoms with Crippen molar-refractivity contribution in [2.75, 3.05) is 39.8 Å². The number of rotatable bonds is 2. The van der Waals surface area contributed by atoms with E-state index in [9.17, 15) is 4.79 Å². The Bertz CT molecular complexity index is 141. The molecule has 4 nitrogen and oxygen atoms in total. The Kier molecular flexibility index (Phi) is 2.84. The predicted molar refractivity (Wildman–Crippen MR) is 41.6 cm³/mol. The maximum atomic E-state index is 10.3. The molecule has 1 N–H and O–H groups in total. The number of likely N-dealkylation sites (N-methyl/N-ethyl adjacent to an activating group) is 1. The first-order valence-corrected chi connectivity index (χ1v) is 3.81. The molecule has 1 rings (SSSR count). The Morgan fingerprint density at radius 3 is 2.36 bits per heavy atom. The summed E-state index contributed by atoms with van der Waals surface area (Å²) in [6.07, 6.45) is 0. The Morgan fingerprint density at radius 2 is 1.91 bits per heavy atom. The highest BCUT2D eigenvalue weighted by Gasteiger charge is 2.15. The fraction of sp³-hybridized carbons (Fsp3) is 0.857. The maximum absolute atomic E-state index is 10.3. The van der Waals surface area contributed by atoms with Gasteiger partial charge in [-0.25, -0.2) is 0 Å². The van der Waals surface area contributed by atoms with Crippen molar-refractivity contribution in [2.45, 2.75) is 0 Å². The fourth-order valence-corrected chi connectivity index (χ4v) is 1.20. The summed E-state index contributed by atoms with van der Waals surface area (Å²) in [7, 11) is 2.05. The Hall–Kier alpha value is -0.610. The molecule has 0 aromatic rings. The molecule has 0 spiro atoms. The molecule has 1 aliphatic rings. The third-order valence-corrected chi connectivity index (χ3v) is 1.95. The lowest BCUT2D eigenvalue weighted by atomic mass is 10.4. The van der Waals surface area contributed by atoms with Crippen LogP contribution in [0.4, 0.5) is 0 Å². The molecule has 0 atom stereocenters. The van der Waals surface area contributed by atoms with E-state index >= 15 is 0 Å². The summed E-state index contributed by atoms with van der Waals surface area (Å²) >= 11 is 0. The van der Waals surface area contributed by atoms with Crippen LogP contribution in [0.5, 0.6) is 0 Å². The van der Waals surface area contributed by atoms with Gasteiger partial charge in [-0.1, -0.05) is 0 Å². The Labute approximate surface area is 66.4 Å². The van der Waals surface area contributed by atoms with Crippen molar-refractivity contribution >= 4 is 5.97 Å². The molecule has 0 aromatic carbocycles. The number of nitrogens with zero attached hydrogens (tertiary/aromatic N) is 2. The van der Waals surface area contributed by atoms with E-state index in [2.05, 4.69) is 11.9 Å². The predicted octanol–water partition coefficient (Wildman–Crippen LogP) is -0.682. The number of piperazine rings is 1. The van der Waals surface area contributed by atoms with Gasteiger partial charge >= 0.3 is 5.97 Å². The second kappa shape index (κ2) is 3.69. The van der Waals surface area contributed by atoms with Crippen molar-refractivity contribution in [1.29, 1.82) is 0 Å². The Balaban J connectivity index is 2.22. The molecule has 0 radical (unpaired) electrons. The van der Waals surface area contributed by atoms with Gasteiger partial charge in [0, 0.05) is 26.2 Å². The minimum absolute atomic E-state index is 0.188. The van der Waals surface area contributed by atoms with Crippen LogP contribution < -0.4 is 0 Å². The van der Waals surface area contributed by atoms with Gasteiger partial charge in [-0.3, -0.25) is 9.69 Å². The van der Waals surface area contributed by atoms with Crippen LogP contribution >= 0.6 is 0 Å². The highest BCUT2D eigenvalue weighted by molar-refractivity contribution is 5.69. The van der Waals surface area contributed by atoms with Crippen molar-refractivity contribution in [1.82, 2.24) is 9.80 Å². The van der Waals surface area contributed by atoms with E-state index in [1.54, 1.807) is 0 Å². The molecule has 0 aliphatic carbocycles. The van der Waals surface area contributed by atoms with Crippen LogP contribution in [0.2, 0.25) is 0 Å². The first-order chi connectivity index (χ1) is 5.18. The summed E-state index contributed by atoms with van der Waals surface area (Å²) in [6.45, 7) is 3.90. The summed E-state index contributed by atoms with van der Waals surface area (Å²) in [5.41, 5.74) is 0. The van der Waals surface area contributed by atoms with Crippen LogP contribution in [-0.4, -0.2) is 60.6 Å². The molecule has 64 valence electrons. The molecule has 1 saturated heterocycles. The number of hydrogen-bond acceptors (Lipinski definition) is 3. The second-order valence-electron chi connectivity index (χ2n) is 2.97. The van der Waals surface area contributed by atoms with E-state index in [1.807, 2.05) is 4.90 Å². The van der Waals surface area contributed by atoms with Gasteiger partial charge in [-0.05, 0) is 7.05 Å². The number of carboxylic acids is 1. The smallest absolute Gasteiger partial charge is 0.317 e. The molecule has 4 heteroatoms. The van der Waals surface area contributed by atoms with Crippen LogP contribution in [0, 0.1) is 0 Å². The molecule has 0 unspecified atom stereocenters. The van der Waals surface area contributed by atoms with Gasteiger partial charge in [-0.15, -0.1) is 0 Å². The zero-order valence-corrected chi connectivity index (χ0v) is 6.79. The second-order valence-corrected chi connectivity index (χ2v) is 2.97. The molecule has 1 aliphatic heterocycles. The van der Waals surface area contributed by atoms with E-state index in [-0.39, 0.29) is 6.54 Å². The molecular weight excluding hydrogens is 150 g/mol. The lowest BCUT2D eigenvalue weighted by Crippen LogP contribution is -2.46. The summed E-state index contributed by atoms with van der Waals surface area (Å²) < 4.78 is 0. The van der Waals surface area contributed by atoms with Crippen molar-refractivity contribution in [3.63, 3.8) is 0 Å². The van der Waals surface area contributed by atoms with Crippen molar-refractivity contribution in [3.8, 4) is 0 Å². The van der Waals surface area contributed by atoms with Gasteiger partial charge in [0.25, 0.3) is 0 Å². The fourth-order valence-electron chi connectivity index (χ4n) is 1.20. The number of aliphatic carboxylic acids is 1. The molecule has 0 bridgehead atoms. The normalized spacial score (nSPS) is 21.9. The van der Waals surface area contributed by atoms with E-state index < -0.39 is 5.97 Å². The van der Waals surface area contributed by atoms with E-state index in [0.717, 1.165) is 26.2 Å². The average molecular weight is 164 g/mol. The van der Waals surface area contributed by atoms with Crippen molar-refractivity contribution < 1.29 is 9.90 Å². The van der Waals surface area contributed by atoms with Gasteiger partial charge in [-0.2, -0.15) is 0 Å². The minimum atomic E-state index is -0.727. The summed E-state index contributed by atoms with van der Waals surface area (Å²) in [5, 5.41) is 8.48. The monoisotopic (exact) mass is 164 g/mol. The van der Waals surface area contributed by atoms with Gasteiger partial charge in [0.15, 0.2) is 0 Å². The standard InChI is InChI=1S/C7H14N2O2/c1-8-2-4-9(5-3-8)6-7(10)11/h2-6H2,1H3,(H,10,11)/i6+1,7+1,10+2,11+2. The average Bonchev–Trinajstić information content (AvgIpc) is 1.93. The molecular formula is C7H14N2O2. The molecule has 0 amide bonds. The first-order valence-electron chi connectivity index (χ1n) is 3.81. The highest BCUT2D eigenvalue weighted by Crippen LogP contribution is 1.97. The number of hydrogen-bond donors (Lipinski definition) is 1. The van der Waals surface area contributed by atoms with Crippen LogP contribution in [0.1, 0.15) is 0 Å². The van der Waals surface area contributed by atoms with Crippen LogP contribution in [0.15, 0.2) is 0 Å². The zero-order chi connectivity index (χ0) is 8.27. The largest absolute Gasteiger partial charge is 0.480 e. The Morgan fingerprint density at radius 1 is 1.36 bits per heavy atom.